The maximum absolute atomic E-state index is 12.4. The highest BCUT2D eigenvalue weighted by molar-refractivity contribution is 7.91. The van der Waals surface area contributed by atoms with Crippen molar-refractivity contribution in [3.63, 3.8) is 0 Å². The maximum atomic E-state index is 12.4. The predicted molar refractivity (Wildman–Crippen MR) is 91.4 cm³/mol. The Bertz CT molecular complexity index is 880. The van der Waals surface area contributed by atoms with Gasteiger partial charge in [0.25, 0.3) is 5.56 Å². The number of ether oxygens (including phenoxy) is 2. The van der Waals surface area contributed by atoms with E-state index in [1.54, 1.807) is 19.1 Å². The minimum Gasteiger partial charge on any atom is -0.490 e. The summed E-state index contributed by atoms with van der Waals surface area (Å²) >= 11 is 0. The highest BCUT2D eigenvalue weighted by Gasteiger charge is 2.24. The number of nitrogens with zero attached hydrogens (tertiary/aromatic N) is 1. The van der Waals surface area contributed by atoms with Crippen molar-refractivity contribution in [2.75, 3.05) is 26.6 Å². The molecule has 2 aromatic rings. The Hall–Kier alpha value is -2.06. The highest BCUT2D eigenvalue weighted by Crippen LogP contribution is 2.36. The molecule has 2 rings (SSSR count). The molecule has 0 aliphatic heterocycles. The smallest absolute Gasteiger partial charge is 0.274 e. The Kier molecular flexibility index (Phi) is 5.51. The van der Waals surface area contributed by atoms with Crippen LogP contribution in [-0.2, 0) is 21.1 Å². The molecule has 1 heterocycles. The van der Waals surface area contributed by atoms with Gasteiger partial charge in [-0.25, -0.2) is 8.42 Å². The van der Waals surface area contributed by atoms with Crippen molar-refractivity contribution >= 4 is 9.84 Å². The lowest BCUT2D eigenvalue weighted by atomic mass is 10.1. The summed E-state index contributed by atoms with van der Waals surface area (Å²) in [7, 11) is -2.08. The van der Waals surface area contributed by atoms with Crippen LogP contribution in [0.3, 0.4) is 0 Å². The number of nitrogens with one attached hydrogen (secondary N) is 1. The van der Waals surface area contributed by atoms with Crippen molar-refractivity contribution in [3.8, 4) is 16.9 Å². The van der Waals surface area contributed by atoms with Crippen LogP contribution in [0.4, 0.5) is 0 Å². The second kappa shape index (κ2) is 7.23. The third-order valence-corrected chi connectivity index (χ3v) is 4.81. The first-order valence-electron chi connectivity index (χ1n) is 7.55. The average Bonchev–Trinajstić information content (AvgIpc) is 2.88. The number of H-pyrrole nitrogens is 1. The molecule has 24 heavy (non-hydrogen) atoms. The van der Waals surface area contributed by atoms with E-state index in [-0.39, 0.29) is 22.8 Å². The molecular weight excluding hydrogens is 332 g/mol. The van der Waals surface area contributed by atoms with Gasteiger partial charge in [0.15, 0.2) is 9.84 Å². The van der Waals surface area contributed by atoms with Gasteiger partial charge in [-0.3, -0.25) is 9.48 Å². The quantitative estimate of drug-likeness (QED) is 0.763. The lowest BCUT2D eigenvalue weighted by Gasteiger charge is -2.16. The van der Waals surface area contributed by atoms with E-state index in [1.807, 2.05) is 6.92 Å². The average molecular weight is 354 g/mol. The molecule has 0 radical (unpaired) electrons. The van der Waals surface area contributed by atoms with E-state index in [0.717, 1.165) is 6.26 Å². The topological polar surface area (TPSA) is 90.4 Å². The zero-order chi connectivity index (χ0) is 17.9. The summed E-state index contributed by atoms with van der Waals surface area (Å²) in [4.78, 5) is 12.4. The number of sulfone groups is 1. The van der Waals surface area contributed by atoms with Crippen LogP contribution >= 0.6 is 0 Å². The molecule has 0 unspecified atom stereocenters. The summed E-state index contributed by atoms with van der Waals surface area (Å²) in [5.74, 6) is 0.260. The van der Waals surface area contributed by atoms with Crippen molar-refractivity contribution in [1.82, 2.24) is 9.78 Å². The molecular formula is C16H22N2O5S. The van der Waals surface area contributed by atoms with Crippen LogP contribution in [0.5, 0.6) is 5.75 Å². The number of hydrogen-bond acceptors (Lipinski definition) is 5. The van der Waals surface area contributed by atoms with Crippen molar-refractivity contribution in [3.05, 3.63) is 34.2 Å². The van der Waals surface area contributed by atoms with Crippen molar-refractivity contribution in [2.24, 2.45) is 0 Å². The Morgan fingerprint density at radius 1 is 1.21 bits per heavy atom. The zero-order valence-electron chi connectivity index (χ0n) is 14.3. The fourth-order valence-electron chi connectivity index (χ4n) is 2.48. The summed E-state index contributed by atoms with van der Waals surface area (Å²) in [5, 5.41) is 2.84. The molecule has 1 N–H and O–H groups in total. The van der Waals surface area contributed by atoms with Crippen molar-refractivity contribution in [2.45, 2.75) is 25.3 Å². The van der Waals surface area contributed by atoms with Gasteiger partial charge in [-0.05, 0) is 19.4 Å². The molecule has 132 valence electrons. The molecule has 0 aliphatic rings. The molecule has 0 bridgehead atoms. The number of hydrogen-bond donors (Lipinski definition) is 1. The number of aromatic nitrogens is 2. The van der Waals surface area contributed by atoms with Gasteiger partial charge in [-0.2, -0.15) is 0 Å². The second-order valence-electron chi connectivity index (χ2n) is 5.44. The minimum absolute atomic E-state index is 0.0259. The molecule has 0 spiro atoms. The number of methoxy groups -OCH3 is 1. The van der Waals surface area contributed by atoms with E-state index >= 15 is 0 Å². The SMILES string of the molecule is CCn1[nH]cc(-c2ccc(C)c(OCCOC)c2S(C)(=O)=O)c1=O. The van der Waals surface area contributed by atoms with Gasteiger partial charge in [-0.1, -0.05) is 12.1 Å². The van der Waals surface area contributed by atoms with Crippen LogP contribution in [0.25, 0.3) is 11.1 Å². The molecule has 0 atom stereocenters. The van der Waals surface area contributed by atoms with E-state index in [2.05, 4.69) is 5.10 Å². The van der Waals surface area contributed by atoms with Gasteiger partial charge in [0.05, 0.1) is 12.2 Å². The molecule has 0 fully saturated rings. The summed E-state index contributed by atoms with van der Waals surface area (Å²) in [6.07, 6.45) is 2.63. The minimum atomic E-state index is -3.61. The molecule has 0 amide bonds. The van der Waals surface area contributed by atoms with Crippen LogP contribution in [-0.4, -0.2) is 44.8 Å². The number of rotatable bonds is 7. The maximum Gasteiger partial charge on any atom is 0.274 e. The van der Waals surface area contributed by atoms with Crippen LogP contribution in [0.1, 0.15) is 12.5 Å². The van der Waals surface area contributed by atoms with E-state index in [9.17, 15) is 13.2 Å². The summed E-state index contributed by atoms with van der Waals surface area (Å²) < 4.78 is 36.8. The zero-order valence-corrected chi connectivity index (χ0v) is 15.1. The fraction of sp³-hybridized carbons (Fsp3) is 0.438. The lowest BCUT2D eigenvalue weighted by molar-refractivity contribution is 0.144. The van der Waals surface area contributed by atoms with E-state index in [1.165, 1.54) is 18.0 Å². The van der Waals surface area contributed by atoms with E-state index in [4.69, 9.17) is 9.47 Å². The normalized spacial score (nSPS) is 11.7. The van der Waals surface area contributed by atoms with E-state index in [0.29, 0.717) is 29.8 Å². The third kappa shape index (κ3) is 3.54. The van der Waals surface area contributed by atoms with Crippen LogP contribution < -0.4 is 10.3 Å². The van der Waals surface area contributed by atoms with Crippen LogP contribution in [0.15, 0.2) is 28.0 Å². The predicted octanol–water partition coefficient (Wildman–Crippen LogP) is 1.60. The Morgan fingerprint density at radius 3 is 2.46 bits per heavy atom. The second-order valence-corrected chi connectivity index (χ2v) is 7.39. The highest BCUT2D eigenvalue weighted by atomic mass is 32.2. The first kappa shape index (κ1) is 18.3. The molecule has 0 saturated carbocycles. The fourth-order valence-corrected chi connectivity index (χ4v) is 3.62. The molecule has 8 heteroatoms. The van der Waals surface area contributed by atoms with Gasteiger partial charge in [-0.15, -0.1) is 0 Å². The molecule has 1 aromatic carbocycles. The standard InChI is InChI=1S/C16H22N2O5S/c1-5-18-16(19)13(10-17-18)12-7-6-11(2)14(23-9-8-22-3)15(12)24(4,20)21/h6-7,10,17H,5,8-9H2,1-4H3. The first-order valence-corrected chi connectivity index (χ1v) is 9.44. The lowest BCUT2D eigenvalue weighted by Crippen LogP contribution is -2.17. The van der Waals surface area contributed by atoms with Crippen molar-refractivity contribution in [1.29, 1.82) is 0 Å². The summed E-state index contributed by atoms with van der Waals surface area (Å²) in [5.41, 5.74) is 1.05. The monoisotopic (exact) mass is 354 g/mol. The number of aryl methyl sites for hydroxylation is 2. The van der Waals surface area contributed by atoms with Gasteiger partial charge in [0.1, 0.15) is 17.3 Å². The number of aromatic amines is 1. The Morgan fingerprint density at radius 2 is 1.92 bits per heavy atom. The van der Waals surface area contributed by atoms with Gasteiger partial charge >= 0.3 is 0 Å². The largest absolute Gasteiger partial charge is 0.490 e. The summed E-state index contributed by atoms with van der Waals surface area (Å²) in [6.45, 7) is 4.61. The van der Waals surface area contributed by atoms with Gasteiger partial charge < -0.3 is 14.6 Å². The van der Waals surface area contributed by atoms with Crippen molar-refractivity contribution < 1.29 is 17.9 Å². The molecule has 0 saturated heterocycles. The van der Waals surface area contributed by atoms with Gasteiger partial charge in [0, 0.05) is 31.7 Å². The van der Waals surface area contributed by atoms with E-state index < -0.39 is 9.84 Å². The molecule has 0 aliphatic carbocycles. The van der Waals surface area contributed by atoms with Crippen LogP contribution in [0, 0.1) is 6.92 Å². The van der Waals surface area contributed by atoms with Gasteiger partial charge in [0.2, 0.25) is 0 Å². The third-order valence-electron chi connectivity index (χ3n) is 3.66. The molecule has 7 nitrogen and oxygen atoms in total. The summed E-state index contributed by atoms with van der Waals surface area (Å²) in [6, 6.07) is 3.38. The molecule has 1 aromatic heterocycles. The van der Waals surface area contributed by atoms with Crippen LogP contribution in [0.2, 0.25) is 0 Å². The number of benzene rings is 1. The Balaban J connectivity index is 2.70. The first-order chi connectivity index (χ1) is 11.3. The Labute approximate surface area is 141 Å².